The fourth-order valence-corrected chi connectivity index (χ4v) is 2.31. The lowest BCUT2D eigenvalue weighted by molar-refractivity contribution is 0.0657. The number of likely N-dealkylation sites (tertiary alicyclic amines) is 1. The zero-order chi connectivity index (χ0) is 13.1. The molecule has 0 unspecified atom stereocenters. The van der Waals surface area contributed by atoms with Crippen LogP contribution in [0.4, 0.5) is 5.69 Å². The van der Waals surface area contributed by atoms with E-state index in [0.717, 1.165) is 25.9 Å². The van der Waals surface area contributed by atoms with Crippen molar-refractivity contribution in [1.29, 1.82) is 0 Å². The van der Waals surface area contributed by atoms with Crippen molar-refractivity contribution in [3.8, 4) is 0 Å². The van der Waals surface area contributed by atoms with Gasteiger partial charge in [-0.2, -0.15) is 0 Å². The number of aromatic nitrogens is 1. The lowest BCUT2D eigenvalue weighted by Gasteiger charge is -2.35. The minimum atomic E-state index is -0.0143. The predicted molar refractivity (Wildman–Crippen MR) is 71.3 cm³/mol. The molecule has 1 aliphatic rings. The standard InChI is InChI=1S/C13H20N4O/c1-16(2)11-4-7-17(8-5-11)13(18)12-9-10(14)3-6-15-12/h3,6,9,11H,4-5,7-8H2,1-2H3,(H2,14,15). The molecule has 1 amide bonds. The lowest BCUT2D eigenvalue weighted by atomic mass is 10.0. The Kier molecular flexibility index (Phi) is 3.81. The highest BCUT2D eigenvalue weighted by molar-refractivity contribution is 5.93. The summed E-state index contributed by atoms with van der Waals surface area (Å²) in [5, 5.41) is 0. The summed E-state index contributed by atoms with van der Waals surface area (Å²) in [5.74, 6) is -0.0143. The van der Waals surface area contributed by atoms with Gasteiger partial charge in [0.1, 0.15) is 5.69 Å². The minimum absolute atomic E-state index is 0.0143. The summed E-state index contributed by atoms with van der Waals surface area (Å²) < 4.78 is 0. The van der Waals surface area contributed by atoms with E-state index in [-0.39, 0.29) is 5.91 Å². The average molecular weight is 248 g/mol. The summed E-state index contributed by atoms with van der Waals surface area (Å²) in [6.45, 7) is 1.58. The van der Waals surface area contributed by atoms with Crippen LogP contribution in [0.25, 0.3) is 0 Å². The van der Waals surface area contributed by atoms with Crippen molar-refractivity contribution >= 4 is 11.6 Å². The minimum Gasteiger partial charge on any atom is -0.399 e. The number of carbonyl (C=O) groups is 1. The van der Waals surface area contributed by atoms with E-state index in [0.29, 0.717) is 17.4 Å². The number of rotatable bonds is 2. The molecule has 2 heterocycles. The van der Waals surface area contributed by atoms with Gasteiger partial charge in [0.2, 0.25) is 0 Å². The van der Waals surface area contributed by atoms with Crippen LogP contribution in [0.3, 0.4) is 0 Å². The Morgan fingerprint density at radius 3 is 2.67 bits per heavy atom. The fraction of sp³-hybridized carbons (Fsp3) is 0.538. The van der Waals surface area contributed by atoms with Crippen molar-refractivity contribution in [3.63, 3.8) is 0 Å². The molecular formula is C13H20N4O. The Morgan fingerprint density at radius 2 is 2.11 bits per heavy atom. The second kappa shape index (κ2) is 5.35. The first kappa shape index (κ1) is 12.8. The molecule has 0 aliphatic carbocycles. The van der Waals surface area contributed by atoms with Crippen LogP contribution in [0.1, 0.15) is 23.3 Å². The number of pyridine rings is 1. The van der Waals surface area contributed by atoms with Crippen LogP contribution in [0.2, 0.25) is 0 Å². The number of nitrogen functional groups attached to an aromatic ring is 1. The van der Waals surface area contributed by atoms with Gasteiger partial charge in [-0.1, -0.05) is 0 Å². The molecule has 5 nitrogen and oxygen atoms in total. The van der Waals surface area contributed by atoms with Crippen molar-refractivity contribution in [2.45, 2.75) is 18.9 Å². The lowest BCUT2D eigenvalue weighted by Crippen LogP contribution is -2.44. The predicted octanol–water partition coefficient (Wildman–Crippen LogP) is 0.830. The van der Waals surface area contributed by atoms with Crippen LogP contribution in [-0.4, -0.2) is 53.9 Å². The van der Waals surface area contributed by atoms with Gasteiger partial charge in [0.15, 0.2) is 0 Å². The first-order chi connectivity index (χ1) is 8.58. The fourth-order valence-electron chi connectivity index (χ4n) is 2.31. The van der Waals surface area contributed by atoms with Gasteiger partial charge < -0.3 is 15.5 Å². The Labute approximate surface area is 108 Å². The average Bonchev–Trinajstić information content (AvgIpc) is 2.38. The zero-order valence-corrected chi connectivity index (χ0v) is 11.0. The number of carbonyl (C=O) groups excluding carboxylic acids is 1. The SMILES string of the molecule is CN(C)C1CCN(C(=O)c2cc(N)ccn2)CC1. The van der Waals surface area contributed by atoms with Gasteiger partial charge in [-0.05, 0) is 39.1 Å². The van der Waals surface area contributed by atoms with E-state index in [4.69, 9.17) is 5.73 Å². The Balaban J connectivity index is 1.99. The van der Waals surface area contributed by atoms with Gasteiger partial charge in [-0.3, -0.25) is 9.78 Å². The molecule has 1 aromatic rings. The van der Waals surface area contributed by atoms with Crippen molar-refractivity contribution in [3.05, 3.63) is 24.0 Å². The van der Waals surface area contributed by atoms with Crippen LogP contribution in [-0.2, 0) is 0 Å². The zero-order valence-electron chi connectivity index (χ0n) is 11.0. The smallest absolute Gasteiger partial charge is 0.272 e. The highest BCUT2D eigenvalue weighted by atomic mass is 16.2. The molecule has 0 saturated carbocycles. The number of anilines is 1. The molecule has 1 aromatic heterocycles. The van der Waals surface area contributed by atoms with Gasteiger partial charge in [0, 0.05) is 31.0 Å². The number of amides is 1. The van der Waals surface area contributed by atoms with Crippen LogP contribution in [0.5, 0.6) is 0 Å². The number of hydrogen-bond donors (Lipinski definition) is 1. The quantitative estimate of drug-likeness (QED) is 0.842. The summed E-state index contributed by atoms with van der Waals surface area (Å²) in [6, 6.07) is 3.90. The molecule has 2 N–H and O–H groups in total. The molecule has 0 spiro atoms. The summed E-state index contributed by atoms with van der Waals surface area (Å²) in [4.78, 5) is 20.4. The monoisotopic (exact) mass is 248 g/mol. The number of hydrogen-bond acceptors (Lipinski definition) is 4. The summed E-state index contributed by atoms with van der Waals surface area (Å²) in [7, 11) is 4.17. The van der Waals surface area contributed by atoms with E-state index in [2.05, 4.69) is 24.0 Å². The number of piperidine rings is 1. The first-order valence-electron chi connectivity index (χ1n) is 6.25. The molecule has 98 valence electrons. The molecule has 1 saturated heterocycles. The van der Waals surface area contributed by atoms with E-state index < -0.39 is 0 Å². The number of nitrogens with two attached hydrogens (primary N) is 1. The largest absolute Gasteiger partial charge is 0.399 e. The molecule has 2 rings (SSSR count). The van der Waals surface area contributed by atoms with Crippen molar-refractivity contribution in [2.24, 2.45) is 0 Å². The van der Waals surface area contributed by atoms with Crippen molar-refractivity contribution in [2.75, 3.05) is 32.9 Å². The Hall–Kier alpha value is -1.62. The molecule has 0 bridgehead atoms. The van der Waals surface area contributed by atoms with Crippen molar-refractivity contribution < 1.29 is 4.79 Å². The van der Waals surface area contributed by atoms with Gasteiger partial charge in [0.25, 0.3) is 5.91 Å². The van der Waals surface area contributed by atoms with Gasteiger partial charge in [-0.25, -0.2) is 0 Å². The third kappa shape index (κ3) is 2.79. The van der Waals surface area contributed by atoms with E-state index in [1.54, 1.807) is 18.3 Å². The molecule has 0 radical (unpaired) electrons. The maximum Gasteiger partial charge on any atom is 0.272 e. The van der Waals surface area contributed by atoms with Gasteiger partial charge in [-0.15, -0.1) is 0 Å². The normalized spacial score (nSPS) is 17.2. The van der Waals surface area contributed by atoms with Crippen LogP contribution < -0.4 is 5.73 Å². The van der Waals surface area contributed by atoms with Crippen LogP contribution in [0, 0.1) is 0 Å². The second-order valence-electron chi connectivity index (χ2n) is 4.96. The summed E-state index contributed by atoms with van der Waals surface area (Å²) >= 11 is 0. The Bertz CT molecular complexity index is 425. The third-order valence-corrected chi connectivity index (χ3v) is 3.49. The van der Waals surface area contributed by atoms with E-state index in [1.807, 2.05) is 4.90 Å². The highest BCUT2D eigenvalue weighted by Gasteiger charge is 2.25. The molecule has 1 fully saturated rings. The maximum atomic E-state index is 12.2. The summed E-state index contributed by atoms with van der Waals surface area (Å²) in [6.07, 6.45) is 3.61. The summed E-state index contributed by atoms with van der Waals surface area (Å²) in [5.41, 5.74) is 6.69. The van der Waals surface area contributed by atoms with E-state index in [9.17, 15) is 4.79 Å². The number of nitrogens with zero attached hydrogens (tertiary/aromatic N) is 3. The molecule has 5 heteroatoms. The van der Waals surface area contributed by atoms with Gasteiger partial charge in [0.05, 0.1) is 0 Å². The Morgan fingerprint density at radius 1 is 1.44 bits per heavy atom. The van der Waals surface area contributed by atoms with Crippen LogP contribution >= 0.6 is 0 Å². The van der Waals surface area contributed by atoms with E-state index >= 15 is 0 Å². The van der Waals surface area contributed by atoms with E-state index in [1.165, 1.54) is 0 Å². The highest BCUT2D eigenvalue weighted by Crippen LogP contribution is 2.16. The maximum absolute atomic E-state index is 12.2. The molecule has 0 atom stereocenters. The van der Waals surface area contributed by atoms with Gasteiger partial charge >= 0.3 is 0 Å². The third-order valence-electron chi connectivity index (χ3n) is 3.49. The topological polar surface area (TPSA) is 62.5 Å². The molecular weight excluding hydrogens is 228 g/mol. The first-order valence-corrected chi connectivity index (χ1v) is 6.25. The van der Waals surface area contributed by atoms with Crippen molar-refractivity contribution in [1.82, 2.24) is 14.8 Å². The second-order valence-corrected chi connectivity index (χ2v) is 4.96. The molecule has 1 aliphatic heterocycles. The van der Waals surface area contributed by atoms with Crippen LogP contribution in [0.15, 0.2) is 18.3 Å². The molecule has 0 aromatic carbocycles. The molecule has 18 heavy (non-hydrogen) atoms.